The van der Waals surface area contributed by atoms with Crippen LogP contribution in [0.2, 0.25) is 0 Å². The fraction of sp³-hybridized carbons (Fsp3) is 0.333. The number of aliphatic hydroxyl groups is 1. The number of aromatic nitrogens is 2. The van der Waals surface area contributed by atoms with Gasteiger partial charge in [-0.3, -0.25) is 0 Å². The molecule has 18 heavy (non-hydrogen) atoms. The quantitative estimate of drug-likeness (QED) is 0.865. The first-order valence-corrected chi connectivity index (χ1v) is 5.42. The number of aryl methyl sites for hydroxylation is 1. The summed E-state index contributed by atoms with van der Waals surface area (Å²) >= 11 is 0. The Balaban J connectivity index is 2.08. The molecule has 1 aromatic carbocycles. The Morgan fingerprint density at radius 3 is 2.78 bits per heavy atom. The van der Waals surface area contributed by atoms with Crippen molar-refractivity contribution in [1.82, 2.24) is 10.1 Å². The lowest BCUT2D eigenvalue weighted by atomic mass is 10.2. The van der Waals surface area contributed by atoms with Crippen LogP contribution in [0.3, 0.4) is 0 Å². The molecule has 1 N–H and O–H groups in total. The van der Waals surface area contributed by atoms with Crippen LogP contribution >= 0.6 is 0 Å². The fourth-order valence-corrected chi connectivity index (χ4v) is 1.47. The van der Waals surface area contributed by atoms with Crippen molar-refractivity contribution < 1.29 is 19.1 Å². The predicted molar refractivity (Wildman–Crippen MR) is 62.3 cm³/mol. The molecule has 0 aliphatic rings. The van der Waals surface area contributed by atoms with Gasteiger partial charge in [-0.15, -0.1) is 0 Å². The van der Waals surface area contributed by atoms with E-state index in [4.69, 9.17) is 19.1 Å². The zero-order chi connectivity index (χ0) is 13.0. The maximum absolute atomic E-state index is 9.03. The summed E-state index contributed by atoms with van der Waals surface area (Å²) in [7, 11) is 1.54. The Morgan fingerprint density at radius 2 is 2.17 bits per heavy atom. The van der Waals surface area contributed by atoms with Crippen molar-refractivity contribution in [3.05, 3.63) is 35.5 Å². The van der Waals surface area contributed by atoms with Gasteiger partial charge in [0.1, 0.15) is 0 Å². The van der Waals surface area contributed by atoms with Crippen LogP contribution in [0.25, 0.3) is 0 Å². The summed E-state index contributed by atoms with van der Waals surface area (Å²) in [5, 5.41) is 12.7. The van der Waals surface area contributed by atoms with Gasteiger partial charge in [-0.05, 0) is 24.6 Å². The van der Waals surface area contributed by atoms with Crippen LogP contribution in [0.5, 0.6) is 11.5 Å². The van der Waals surface area contributed by atoms with Gasteiger partial charge in [-0.25, -0.2) is 0 Å². The number of hydrogen-bond acceptors (Lipinski definition) is 6. The fourth-order valence-electron chi connectivity index (χ4n) is 1.47. The van der Waals surface area contributed by atoms with E-state index < -0.39 is 0 Å². The average Bonchev–Trinajstić information content (AvgIpc) is 2.82. The summed E-state index contributed by atoms with van der Waals surface area (Å²) < 4.78 is 15.6. The molecule has 0 unspecified atom stereocenters. The van der Waals surface area contributed by atoms with E-state index in [0.717, 1.165) is 5.56 Å². The molecule has 6 heteroatoms. The molecule has 1 aromatic heterocycles. The molecule has 0 aliphatic carbocycles. The molecular weight excluding hydrogens is 236 g/mol. The van der Waals surface area contributed by atoms with Gasteiger partial charge >= 0.3 is 0 Å². The number of benzene rings is 1. The van der Waals surface area contributed by atoms with Crippen LogP contribution in [0.1, 0.15) is 17.3 Å². The van der Waals surface area contributed by atoms with E-state index >= 15 is 0 Å². The smallest absolute Gasteiger partial charge is 0.264 e. The molecule has 2 aromatic rings. The van der Waals surface area contributed by atoms with E-state index in [2.05, 4.69) is 10.1 Å². The summed E-state index contributed by atoms with van der Waals surface area (Å²) in [4.78, 5) is 4.03. The zero-order valence-electron chi connectivity index (χ0n) is 10.2. The molecule has 1 heterocycles. The highest BCUT2D eigenvalue weighted by Crippen LogP contribution is 2.28. The van der Waals surface area contributed by atoms with Crippen molar-refractivity contribution in [2.24, 2.45) is 0 Å². The first-order valence-electron chi connectivity index (χ1n) is 5.42. The van der Waals surface area contributed by atoms with Crippen molar-refractivity contribution in [2.45, 2.75) is 20.1 Å². The minimum atomic E-state index is -0.0422. The Bertz CT molecular complexity index is 525. The first kappa shape index (κ1) is 12.4. The van der Waals surface area contributed by atoms with Gasteiger partial charge in [-0.2, -0.15) is 4.98 Å². The van der Waals surface area contributed by atoms with Crippen LogP contribution < -0.4 is 9.47 Å². The van der Waals surface area contributed by atoms with Crippen LogP contribution in [0.15, 0.2) is 22.7 Å². The average molecular weight is 250 g/mol. The number of methoxy groups -OCH3 is 1. The third-order valence-corrected chi connectivity index (χ3v) is 2.33. The van der Waals surface area contributed by atoms with E-state index in [-0.39, 0.29) is 13.2 Å². The van der Waals surface area contributed by atoms with Gasteiger partial charge in [0.25, 0.3) is 5.89 Å². The van der Waals surface area contributed by atoms with Crippen molar-refractivity contribution >= 4 is 0 Å². The lowest BCUT2D eigenvalue weighted by molar-refractivity contribution is 0.232. The highest BCUT2D eigenvalue weighted by atomic mass is 16.5. The highest BCUT2D eigenvalue weighted by Gasteiger charge is 2.08. The van der Waals surface area contributed by atoms with Gasteiger partial charge in [0.05, 0.1) is 13.7 Å². The summed E-state index contributed by atoms with van der Waals surface area (Å²) in [6.45, 7) is 1.87. The summed E-state index contributed by atoms with van der Waals surface area (Å²) in [6, 6.07) is 5.21. The van der Waals surface area contributed by atoms with Crippen LogP contribution in [-0.2, 0) is 13.2 Å². The third-order valence-electron chi connectivity index (χ3n) is 2.33. The normalized spacial score (nSPS) is 10.4. The van der Waals surface area contributed by atoms with Gasteiger partial charge in [0.2, 0.25) is 0 Å². The van der Waals surface area contributed by atoms with Crippen LogP contribution in [-0.4, -0.2) is 22.4 Å². The van der Waals surface area contributed by atoms with Crippen LogP contribution in [0.4, 0.5) is 0 Å². The standard InChI is InChI=1S/C12H14N2O4/c1-8-13-12(18-14-8)7-17-10-4-3-9(6-15)5-11(10)16-2/h3-5,15H,6-7H2,1-2H3. The molecule has 0 amide bonds. The molecule has 96 valence electrons. The molecule has 0 fully saturated rings. The third kappa shape index (κ3) is 2.78. The Kier molecular flexibility index (Phi) is 3.78. The van der Waals surface area contributed by atoms with E-state index in [1.165, 1.54) is 0 Å². The molecular formula is C12H14N2O4. The van der Waals surface area contributed by atoms with E-state index in [9.17, 15) is 0 Å². The van der Waals surface area contributed by atoms with E-state index in [1.807, 2.05) is 0 Å². The molecule has 0 radical (unpaired) electrons. The molecule has 0 spiro atoms. The second kappa shape index (κ2) is 5.50. The van der Waals surface area contributed by atoms with Gasteiger partial charge in [0.15, 0.2) is 23.9 Å². The van der Waals surface area contributed by atoms with E-state index in [1.54, 1.807) is 32.2 Å². The zero-order valence-corrected chi connectivity index (χ0v) is 10.2. The molecule has 6 nitrogen and oxygen atoms in total. The summed E-state index contributed by atoms with van der Waals surface area (Å²) in [5.41, 5.74) is 0.757. The van der Waals surface area contributed by atoms with Crippen LogP contribution in [0, 0.1) is 6.92 Å². The van der Waals surface area contributed by atoms with E-state index in [0.29, 0.717) is 23.2 Å². The lowest BCUT2D eigenvalue weighted by Crippen LogP contribution is -1.99. The lowest BCUT2D eigenvalue weighted by Gasteiger charge is -2.10. The topological polar surface area (TPSA) is 77.6 Å². The van der Waals surface area contributed by atoms with Gasteiger partial charge < -0.3 is 19.1 Å². The molecule has 2 rings (SSSR count). The van der Waals surface area contributed by atoms with Crippen molar-refractivity contribution in [3.63, 3.8) is 0 Å². The number of ether oxygens (including phenoxy) is 2. The predicted octanol–water partition coefficient (Wildman–Crippen LogP) is 1.46. The monoisotopic (exact) mass is 250 g/mol. The number of nitrogens with zero attached hydrogens (tertiary/aromatic N) is 2. The Labute approximate surface area is 104 Å². The Hall–Kier alpha value is -2.08. The summed E-state index contributed by atoms with van der Waals surface area (Å²) in [5.74, 6) is 2.08. The number of hydrogen-bond donors (Lipinski definition) is 1. The number of aliphatic hydroxyl groups excluding tert-OH is 1. The Morgan fingerprint density at radius 1 is 1.33 bits per heavy atom. The van der Waals surface area contributed by atoms with Crippen molar-refractivity contribution in [1.29, 1.82) is 0 Å². The second-order valence-corrected chi connectivity index (χ2v) is 3.67. The number of rotatable bonds is 5. The van der Waals surface area contributed by atoms with Gasteiger partial charge in [-0.1, -0.05) is 11.2 Å². The molecule has 0 bridgehead atoms. The minimum absolute atomic E-state index is 0.0422. The summed E-state index contributed by atoms with van der Waals surface area (Å²) in [6.07, 6.45) is 0. The molecule has 0 saturated carbocycles. The maximum Gasteiger partial charge on any atom is 0.264 e. The van der Waals surface area contributed by atoms with Crippen molar-refractivity contribution in [2.75, 3.05) is 7.11 Å². The van der Waals surface area contributed by atoms with Crippen molar-refractivity contribution in [3.8, 4) is 11.5 Å². The largest absolute Gasteiger partial charge is 0.493 e. The molecule has 0 aliphatic heterocycles. The maximum atomic E-state index is 9.03. The van der Waals surface area contributed by atoms with Gasteiger partial charge in [0, 0.05) is 0 Å². The molecule has 0 atom stereocenters. The molecule has 0 saturated heterocycles. The second-order valence-electron chi connectivity index (χ2n) is 3.67. The first-order chi connectivity index (χ1) is 8.72. The highest BCUT2D eigenvalue weighted by molar-refractivity contribution is 5.42. The minimum Gasteiger partial charge on any atom is -0.493 e. The SMILES string of the molecule is COc1cc(CO)ccc1OCc1nc(C)no1.